The smallest absolute Gasteiger partial charge is 0.227 e. The molecule has 4 nitrogen and oxygen atoms in total. The Bertz CT molecular complexity index is 481. The van der Waals surface area contributed by atoms with Crippen LogP contribution < -0.4 is 0 Å². The van der Waals surface area contributed by atoms with Crippen molar-refractivity contribution in [1.29, 1.82) is 0 Å². The van der Waals surface area contributed by atoms with Gasteiger partial charge in [0.1, 0.15) is 0 Å². The first-order chi connectivity index (χ1) is 10.7. The van der Waals surface area contributed by atoms with Crippen LogP contribution in [0.5, 0.6) is 0 Å². The Morgan fingerprint density at radius 2 is 1.41 bits per heavy atom. The lowest BCUT2D eigenvalue weighted by Gasteiger charge is -2.34. The molecule has 1 saturated carbocycles. The summed E-state index contributed by atoms with van der Waals surface area (Å²) in [5.41, 5.74) is 0. The van der Waals surface area contributed by atoms with E-state index >= 15 is 0 Å². The van der Waals surface area contributed by atoms with Gasteiger partial charge >= 0.3 is 0 Å². The number of allylic oxidation sites excluding steroid dienone is 2. The average Bonchev–Trinajstić information content (AvgIpc) is 3.32. The molecule has 0 aromatic heterocycles. The second-order valence-corrected chi connectivity index (χ2v) is 7.60. The van der Waals surface area contributed by atoms with E-state index in [9.17, 15) is 9.59 Å². The molecule has 0 aromatic rings. The molecule has 3 fully saturated rings. The maximum atomic E-state index is 12.9. The molecule has 4 rings (SSSR count). The van der Waals surface area contributed by atoms with Gasteiger partial charge < -0.3 is 9.80 Å². The first-order valence-corrected chi connectivity index (χ1v) is 8.95. The number of piperidine rings is 1. The van der Waals surface area contributed by atoms with E-state index in [0.717, 1.165) is 58.2 Å². The molecule has 2 aliphatic heterocycles. The van der Waals surface area contributed by atoms with Gasteiger partial charge in [-0.25, -0.2) is 0 Å². The molecule has 2 saturated heterocycles. The van der Waals surface area contributed by atoms with Crippen LogP contribution in [0.2, 0.25) is 0 Å². The Balaban J connectivity index is 1.37. The molecule has 3 atom stereocenters. The predicted octanol–water partition coefficient (Wildman–Crippen LogP) is 2.06. The fraction of sp³-hybridized carbons (Fsp3) is 0.778. The highest BCUT2D eigenvalue weighted by atomic mass is 16.2. The second-order valence-electron chi connectivity index (χ2n) is 7.60. The summed E-state index contributed by atoms with van der Waals surface area (Å²) in [7, 11) is 0. The Labute approximate surface area is 132 Å². The van der Waals surface area contributed by atoms with Crippen molar-refractivity contribution in [3.63, 3.8) is 0 Å². The van der Waals surface area contributed by atoms with E-state index in [1.54, 1.807) is 0 Å². The van der Waals surface area contributed by atoms with Crippen LogP contribution in [0.1, 0.15) is 38.5 Å². The Kier molecular flexibility index (Phi) is 3.71. The van der Waals surface area contributed by atoms with Crippen molar-refractivity contribution in [2.45, 2.75) is 38.5 Å². The quantitative estimate of drug-likeness (QED) is 0.733. The summed E-state index contributed by atoms with van der Waals surface area (Å²) in [5.74, 6) is 2.27. The normalized spacial score (nSPS) is 34.6. The van der Waals surface area contributed by atoms with Gasteiger partial charge in [0.25, 0.3) is 0 Å². The molecule has 2 aliphatic carbocycles. The number of rotatable bonds is 2. The van der Waals surface area contributed by atoms with Crippen molar-refractivity contribution in [3.8, 4) is 0 Å². The minimum atomic E-state index is 0.0459. The van der Waals surface area contributed by atoms with Gasteiger partial charge in [-0.1, -0.05) is 12.2 Å². The van der Waals surface area contributed by atoms with Crippen molar-refractivity contribution in [3.05, 3.63) is 12.2 Å². The van der Waals surface area contributed by atoms with Crippen LogP contribution in [0.25, 0.3) is 0 Å². The zero-order chi connectivity index (χ0) is 15.1. The summed E-state index contributed by atoms with van der Waals surface area (Å²) in [6, 6.07) is 0. The lowest BCUT2D eigenvalue weighted by molar-refractivity contribution is -0.141. The molecule has 0 aromatic carbocycles. The van der Waals surface area contributed by atoms with Crippen LogP contribution in [0.4, 0.5) is 0 Å². The minimum Gasteiger partial charge on any atom is -0.342 e. The summed E-state index contributed by atoms with van der Waals surface area (Å²) in [4.78, 5) is 29.2. The van der Waals surface area contributed by atoms with Crippen molar-refractivity contribution < 1.29 is 9.59 Å². The fourth-order valence-corrected chi connectivity index (χ4v) is 4.42. The van der Waals surface area contributed by atoms with E-state index in [1.807, 2.05) is 4.90 Å². The highest BCUT2D eigenvalue weighted by Crippen LogP contribution is 2.35. The van der Waals surface area contributed by atoms with Gasteiger partial charge in [-0.2, -0.15) is 0 Å². The van der Waals surface area contributed by atoms with Gasteiger partial charge in [0.05, 0.1) is 5.92 Å². The number of carbonyl (C=O) groups is 2. The summed E-state index contributed by atoms with van der Waals surface area (Å²) >= 11 is 0. The van der Waals surface area contributed by atoms with E-state index in [0.29, 0.717) is 30.2 Å². The summed E-state index contributed by atoms with van der Waals surface area (Å²) in [5, 5.41) is 0. The van der Waals surface area contributed by atoms with Crippen molar-refractivity contribution in [2.75, 3.05) is 26.2 Å². The highest BCUT2D eigenvalue weighted by Gasteiger charge is 2.40. The molecule has 2 amide bonds. The number of carbonyl (C=O) groups excluding carboxylic acids is 2. The minimum absolute atomic E-state index is 0.0459. The van der Waals surface area contributed by atoms with Gasteiger partial charge in [0, 0.05) is 32.1 Å². The topological polar surface area (TPSA) is 40.6 Å². The maximum Gasteiger partial charge on any atom is 0.227 e. The van der Waals surface area contributed by atoms with Crippen LogP contribution in [0.15, 0.2) is 12.2 Å². The highest BCUT2D eigenvalue weighted by molar-refractivity contribution is 5.83. The Morgan fingerprint density at radius 3 is 2.05 bits per heavy atom. The van der Waals surface area contributed by atoms with Crippen molar-refractivity contribution >= 4 is 11.8 Å². The monoisotopic (exact) mass is 302 g/mol. The molecule has 0 N–H and O–H groups in total. The summed E-state index contributed by atoms with van der Waals surface area (Å²) < 4.78 is 0. The fourth-order valence-electron chi connectivity index (χ4n) is 4.42. The Morgan fingerprint density at radius 1 is 0.773 bits per heavy atom. The molecular formula is C18H26N2O2. The van der Waals surface area contributed by atoms with Gasteiger partial charge in [-0.3, -0.25) is 9.59 Å². The largest absolute Gasteiger partial charge is 0.342 e. The molecule has 0 unspecified atom stereocenters. The van der Waals surface area contributed by atoms with Gasteiger partial charge in [-0.05, 0) is 50.4 Å². The summed E-state index contributed by atoms with van der Waals surface area (Å²) in [6.45, 7) is 3.38. The van der Waals surface area contributed by atoms with Crippen LogP contribution >= 0.6 is 0 Å². The lowest BCUT2D eigenvalue weighted by Crippen LogP contribution is -2.46. The second kappa shape index (κ2) is 5.71. The zero-order valence-corrected chi connectivity index (χ0v) is 13.2. The third kappa shape index (κ3) is 2.68. The molecule has 0 spiro atoms. The van der Waals surface area contributed by atoms with E-state index in [-0.39, 0.29) is 11.8 Å². The molecule has 22 heavy (non-hydrogen) atoms. The van der Waals surface area contributed by atoms with Crippen molar-refractivity contribution in [1.82, 2.24) is 9.80 Å². The van der Waals surface area contributed by atoms with Gasteiger partial charge in [-0.15, -0.1) is 0 Å². The van der Waals surface area contributed by atoms with Crippen LogP contribution in [0, 0.1) is 23.7 Å². The van der Waals surface area contributed by atoms with E-state index < -0.39 is 0 Å². The molecule has 120 valence electrons. The number of fused-ring (bicyclic) bond motifs is 1. The number of hydrogen-bond donors (Lipinski definition) is 0. The number of hydrogen-bond acceptors (Lipinski definition) is 2. The zero-order valence-electron chi connectivity index (χ0n) is 13.2. The standard InChI is InChI=1S/C18H26N2O2/c21-17(13-7-8-13)19-9-3-6-16(12-19)18(22)20-10-14-4-1-2-5-15(14)11-20/h1-2,13-16H,3-12H2/t14-,15-,16+/m1/s1. The Hall–Kier alpha value is -1.32. The predicted molar refractivity (Wildman–Crippen MR) is 84.0 cm³/mol. The van der Waals surface area contributed by atoms with E-state index in [2.05, 4.69) is 17.1 Å². The molecule has 2 heterocycles. The molecule has 0 radical (unpaired) electrons. The number of likely N-dealkylation sites (tertiary alicyclic amines) is 2. The first-order valence-electron chi connectivity index (χ1n) is 8.95. The maximum absolute atomic E-state index is 12.9. The van der Waals surface area contributed by atoms with Crippen molar-refractivity contribution in [2.24, 2.45) is 23.7 Å². The molecule has 4 aliphatic rings. The average molecular weight is 302 g/mol. The number of amides is 2. The van der Waals surface area contributed by atoms with Crippen LogP contribution in [-0.2, 0) is 9.59 Å². The SMILES string of the molecule is O=C(C1CC1)N1CCC[C@H](C(=O)N2C[C@H]3CC=CC[C@@H]3C2)C1. The van der Waals surface area contributed by atoms with Gasteiger partial charge in [0.15, 0.2) is 0 Å². The number of nitrogens with zero attached hydrogens (tertiary/aromatic N) is 2. The molecular weight excluding hydrogens is 276 g/mol. The first kappa shape index (κ1) is 14.3. The van der Waals surface area contributed by atoms with Crippen LogP contribution in [0.3, 0.4) is 0 Å². The molecule has 4 heteroatoms. The van der Waals surface area contributed by atoms with Crippen LogP contribution in [-0.4, -0.2) is 47.8 Å². The third-order valence-electron chi connectivity index (χ3n) is 5.94. The molecule has 0 bridgehead atoms. The van der Waals surface area contributed by atoms with E-state index in [4.69, 9.17) is 0 Å². The lowest BCUT2D eigenvalue weighted by atomic mass is 9.86. The van der Waals surface area contributed by atoms with Gasteiger partial charge in [0.2, 0.25) is 11.8 Å². The van der Waals surface area contributed by atoms with E-state index in [1.165, 1.54) is 0 Å². The third-order valence-corrected chi connectivity index (χ3v) is 5.94. The summed E-state index contributed by atoms with van der Waals surface area (Å²) in [6.07, 6.45) is 10.8.